The molecule has 4 heteroatoms. The van der Waals surface area contributed by atoms with Gasteiger partial charge in [0.15, 0.2) is 0 Å². The molecule has 0 radical (unpaired) electrons. The van der Waals surface area contributed by atoms with Crippen LogP contribution in [0.4, 0.5) is 0 Å². The van der Waals surface area contributed by atoms with Crippen molar-refractivity contribution in [3.63, 3.8) is 0 Å². The molecule has 1 amide bonds. The summed E-state index contributed by atoms with van der Waals surface area (Å²) in [7, 11) is 0. The van der Waals surface area contributed by atoms with E-state index < -0.39 is 0 Å². The molecule has 1 fully saturated rings. The minimum absolute atomic E-state index is 0.283. The molecular weight excluding hydrogens is 264 g/mol. The summed E-state index contributed by atoms with van der Waals surface area (Å²) in [5.74, 6) is 1.71. The normalized spacial score (nSPS) is 26.4. The lowest BCUT2D eigenvalue weighted by molar-refractivity contribution is -0.128. The maximum absolute atomic E-state index is 11.7. The third-order valence-electron chi connectivity index (χ3n) is 4.45. The van der Waals surface area contributed by atoms with Gasteiger partial charge in [-0.3, -0.25) is 4.79 Å². The van der Waals surface area contributed by atoms with E-state index in [0.29, 0.717) is 24.3 Å². The van der Waals surface area contributed by atoms with Crippen molar-refractivity contribution in [1.29, 1.82) is 0 Å². The van der Waals surface area contributed by atoms with E-state index in [-0.39, 0.29) is 6.04 Å². The Bertz CT molecular complexity index is 517. The molecule has 0 spiro atoms. The van der Waals surface area contributed by atoms with Gasteiger partial charge in [-0.15, -0.1) is 0 Å². The Morgan fingerprint density at radius 3 is 3.00 bits per heavy atom. The summed E-state index contributed by atoms with van der Waals surface area (Å²) in [5.41, 5.74) is 1.23. The van der Waals surface area contributed by atoms with Gasteiger partial charge in [-0.1, -0.05) is 25.1 Å². The fourth-order valence-electron chi connectivity index (χ4n) is 3.33. The van der Waals surface area contributed by atoms with Crippen molar-refractivity contribution in [2.24, 2.45) is 5.92 Å². The molecule has 1 aromatic rings. The predicted molar refractivity (Wildman–Crippen MR) is 82.3 cm³/mol. The van der Waals surface area contributed by atoms with Gasteiger partial charge >= 0.3 is 0 Å². The molecule has 2 aliphatic heterocycles. The number of carbonyl (C=O) groups is 1. The second-order valence-corrected chi connectivity index (χ2v) is 6.31. The van der Waals surface area contributed by atoms with Crippen LogP contribution in [0.2, 0.25) is 0 Å². The van der Waals surface area contributed by atoms with Crippen molar-refractivity contribution in [1.82, 2.24) is 10.2 Å². The minimum atomic E-state index is 0.283. The zero-order valence-corrected chi connectivity index (χ0v) is 12.8. The number of amides is 1. The Kier molecular flexibility index (Phi) is 4.15. The van der Waals surface area contributed by atoms with Gasteiger partial charge < -0.3 is 15.0 Å². The summed E-state index contributed by atoms with van der Waals surface area (Å²) in [6, 6.07) is 8.82. The molecule has 0 aliphatic carbocycles. The number of fused-ring (bicyclic) bond motifs is 1. The van der Waals surface area contributed by atoms with E-state index in [1.165, 1.54) is 5.56 Å². The first-order valence-corrected chi connectivity index (χ1v) is 7.90. The third-order valence-corrected chi connectivity index (χ3v) is 4.45. The number of nitrogens with zero attached hydrogens (tertiary/aromatic N) is 1. The first kappa shape index (κ1) is 14.4. The topological polar surface area (TPSA) is 41.6 Å². The van der Waals surface area contributed by atoms with E-state index in [1.54, 1.807) is 0 Å². The molecule has 2 aliphatic rings. The highest BCUT2D eigenvalue weighted by molar-refractivity contribution is 5.78. The van der Waals surface area contributed by atoms with Gasteiger partial charge in [-0.05, 0) is 19.4 Å². The summed E-state index contributed by atoms with van der Waals surface area (Å²) in [6.45, 7) is 6.82. The lowest BCUT2D eigenvalue weighted by atomic mass is 9.91. The first-order valence-electron chi connectivity index (χ1n) is 7.90. The first-order chi connectivity index (χ1) is 10.1. The molecule has 1 aromatic carbocycles. The molecule has 3 rings (SSSR count). The molecule has 1 N–H and O–H groups in total. The van der Waals surface area contributed by atoms with Gasteiger partial charge in [0.2, 0.25) is 5.91 Å². The van der Waals surface area contributed by atoms with Crippen molar-refractivity contribution in [2.45, 2.75) is 38.8 Å². The maximum atomic E-state index is 11.7. The Morgan fingerprint density at radius 2 is 2.24 bits per heavy atom. The van der Waals surface area contributed by atoms with Gasteiger partial charge in [-0.2, -0.15) is 0 Å². The Morgan fingerprint density at radius 1 is 1.43 bits per heavy atom. The summed E-state index contributed by atoms with van der Waals surface area (Å²) in [5, 5.41) is 3.70. The number of carbonyl (C=O) groups excluding carboxylic acids is 1. The smallest absolute Gasteiger partial charge is 0.222 e. The molecule has 1 saturated heterocycles. The van der Waals surface area contributed by atoms with Crippen LogP contribution in [0.1, 0.15) is 38.3 Å². The van der Waals surface area contributed by atoms with Gasteiger partial charge in [0.1, 0.15) is 5.75 Å². The molecule has 3 unspecified atom stereocenters. The van der Waals surface area contributed by atoms with E-state index in [9.17, 15) is 4.79 Å². The number of hydrogen-bond acceptors (Lipinski definition) is 3. The predicted octanol–water partition coefficient (Wildman–Crippen LogP) is 2.36. The fraction of sp³-hybridized carbons (Fsp3) is 0.588. The molecule has 0 aromatic heterocycles. The Balaban J connectivity index is 1.67. The average Bonchev–Trinajstić information content (AvgIpc) is 2.87. The molecule has 0 saturated carbocycles. The third kappa shape index (κ3) is 3.05. The summed E-state index contributed by atoms with van der Waals surface area (Å²) in [6.07, 6.45) is 1.71. The van der Waals surface area contributed by atoms with Crippen LogP contribution in [0.3, 0.4) is 0 Å². The largest absolute Gasteiger partial charge is 0.493 e. The molecule has 3 atom stereocenters. The molecular formula is C17H24N2O2. The van der Waals surface area contributed by atoms with Gasteiger partial charge in [-0.25, -0.2) is 0 Å². The van der Waals surface area contributed by atoms with Crippen molar-refractivity contribution in [3.8, 4) is 5.75 Å². The molecule has 4 nitrogen and oxygen atoms in total. The van der Waals surface area contributed by atoms with Crippen LogP contribution in [0, 0.1) is 5.92 Å². The van der Waals surface area contributed by atoms with E-state index >= 15 is 0 Å². The summed E-state index contributed by atoms with van der Waals surface area (Å²) < 4.78 is 5.79. The summed E-state index contributed by atoms with van der Waals surface area (Å²) >= 11 is 0. The standard InChI is InChI=1S/C17H24N2O2/c1-12-11-21-15-7-4-3-6-14(15)17(12)18-13(2)10-19-9-5-8-16(19)20/h3-4,6-7,12-13,17-18H,5,8-11H2,1-2H3. The van der Waals surface area contributed by atoms with Crippen molar-refractivity contribution >= 4 is 5.91 Å². The SMILES string of the molecule is CC(CN1CCCC1=O)NC1c2ccccc2OCC1C. The van der Waals surface area contributed by atoms with E-state index in [4.69, 9.17) is 4.74 Å². The van der Waals surface area contributed by atoms with Crippen LogP contribution >= 0.6 is 0 Å². The highest BCUT2D eigenvalue weighted by atomic mass is 16.5. The quantitative estimate of drug-likeness (QED) is 0.924. The van der Waals surface area contributed by atoms with Crippen LogP contribution in [0.5, 0.6) is 5.75 Å². The maximum Gasteiger partial charge on any atom is 0.222 e. The van der Waals surface area contributed by atoms with Crippen molar-refractivity contribution in [2.75, 3.05) is 19.7 Å². The number of ether oxygens (including phenoxy) is 1. The van der Waals surface area contributed by atoms with Crippen LogP contribution in [-0.2, 0) is 4.79 Å². The average molecular weight is 288 g/mol. The van der Waals surface area contributed by atoms with Crippen LogP contribution in [-0.4, -0.2) is 36.5 Å². The zero-order valence-electron chi connectivity index (χ0n) is 12.8. The van der Waals surface area contributed by atoms with Crippen LogP contribution < -0.4 is 10.1 Å². The minimum Gasteiger partial charge on any atom is -0.493 e. The Labute approximate surface area is 126 Å². The molecule has 0 bridgehead atoms. The highest BCUT2D eigenvalue weighted by Gasteiger charge is 2.29. The number of rotatable bonds is 4. The second-order valence-electron chi connectivity index (χ2n) is 6.31. The number of para-hydroxylation sites is 1. The number of likely N-dealkylation sites (tertiary alicyclic amines) is 1. The number of hydrogen-bond donors (Lipinski definition) is 1. The Hall–Kier alpha value is -1.55. The van der Waals surface area contributed by atoms with Gasteiger partial charge in [0.05, 0.1) is 6.61 Å². The zero-order chi connectivity index (χ0) is 14.8. The molecule has 114 valence electrons. The van der Waals surface area contributed by atoms with Crippen molar-refractivity contribution < 1.29 is 9.53 Å². The monoisotopic (exact) mass is 288 g/mol. The second kappa shape index (κ2) is 6.06. The van der Waals surface area contributed by atoms with Gasteiger partial charge in [0.25, 0.3) is 0 Å². The molecule has 2 heterocycles. The van der Waals surface area contributed by atoms with E-state index in [2.05, 4.69) is 31.3 Å². The number of nitrogens with one attached hydrogen (secondary N) is 1. The summed E-state index contributed by atoms with van der Waals surface area (Å²) in [4.78, 5) is 13.7. The van der Waals surface area contributed by atoms with Crippen molar-refractivity contribution in [3.05, 3.63) is 29.8 Å². The lowest BCUT2D eigenvalue weighted by Gasteiger charge is -2.35. The number of benzene rings is 1. The van der Waals surface area contributed by atoms with Crippen LogP contribution in [0.25, 0.3) is 0 Å². The highest BCUT2D eigenvalue weighted by Crippen LogP contribution is 2.35. The molecule has 21 heavy (non-hydrogen) atoms. The fourth-order valence-corrected chi connectivity index (χ4v) is 3.33. The van der Waals surface area contributed by atoms with E-state index in [0.717, 1.165) is 31.9 Å². The van der Waals surface area contributed by atoms with E-state index in [1.807, 2.05) is 17.0 Å². The van der Waals surface area contributed by atoms with Gasteiger partial charge in [0, 0.05) is 43.1 Å². The lowest BCUT2D eigenvalue weighted by Crippen LogP contribution is -2.44. The van der Waals surface area contributed by atoms with Crippen LogP contribution in [0.15, 0.2) is 24.3 Å².